The molecule has 1 fully saturated rings. The molecule has 2 atom stereocenters. The van der Waals surface area contributed by atoms with Crippen LogP contribution in [0.5, 0.6) is 5.75 Å². The summed E-state index contributed by atoms with van der Waals surface area (Å²) in [4.78, 5) is 13.7. The third-order valence-electron chi connectivity index (χ3n) is 4.08. The predicted molar refractivity (Wildman–Crippen MR) is 78.1 cm³/mol. The fourth-order valence-electron chi connectivity index (χ4n) is 2.62. The minimum atomic E-state index is -0.272. The topological polar surface area (TPSA) is 49.8 Å². The Morgan fingerprint density at radius 3 is 2.85 bits per heavy atom. The number of piperidine rings is 1. The van der Waals surface area contributed by atoms with Crippen molar-refractivity contribution in [3.8, 4) is 5.75 Å². The summed E-state index contributed by atoms with van der Waals surface area (Å²) >= 11 is 0. The van der Waals surface area contributed by atoms with Gasteiger partial charge in [0.25, 0.3) is 0 Å². The van der Waals surface area contributed by atoms with Crippen LogP contribution in [0.2, 0.25) is 0 Å². The number of rotatable bonds is 4. The molecule has 4 heteroatoms. The van der Waals surface area contributed by atoms with Crippen LogP contribution < -0.4 is 4.74 Å². The molecule has 4 nitrogen and oxygen atoms in total. The molecule has 20 heavy (non-hydrogen) atoms. The summed E-state index contributed by atoms with van der Waals surface area (Å²) in [7, 11) is 1.64. The van der Waals surface area contributed by atoms with E-state index in [4.69, 9.17) is 4.74 Å². The number of hydrogen-bond acceptors (Lipinski definition) is 4. The van der Waals surface area contributed by atoms with E-state index in [9.17, 15) is 9.90 Å². The first-order chi connectivity index (χ1) is 9.51. The second kappa shape index (κ2) is 6.37. The van der Waals surface area contributed by atoms with E-state index in [-0.39, 0.29) is 11.9 Å². The molecule has 0 amide bonds. The van der Waals surface area contributed by atoms with Crippen LogP contribution in [0, 0.1) is 5.92 Å². The quantitative estimate of drug-likeness (QED) is 0.856. The lowest BCUT2D eigenvalue weighted by Crippen LogP contribution is -2.42. The van der Waals surface area contributed by atoms with E-state index in [1.165, 1.54) is 0 Å². The van der Waals surface area contributed by atoms with Crippen molar-refractivity contribution < 1.29 is 14.6 Å². The summed E-state index contributed by atoms with van der Waals surface area (Å²) in [5.74, 6) is 1.21. The summed E-state index contributed by atoms with van der Waals surface area (Å²) in [5.41, 5.74) is 1.70. The highest BCUT2D eigenvalue weighted by atomic mass is 16.5. The van der Waals surface area contributed by atoms with Crippen molar-refractivity contribution in [2.24, 2.45) is 5.92 Å². The van der Waals surface area contributed by atoms with Crippen LogP contribution in [0.25, 0.3) is 0 Å². The van der Waals surface area contributed by atoms with Crippen molar-refractivity contribution >= 4 is 5.78 Å². The van der Waals surface area contributed by atoms with Gasteiger partial charge in [-0.15, -0.1) is 0 Å². The van der Waals surface area contributed by atoms with Crippen LogP contribution in [0.15, 0.2) is 18.2 Å². The Hall–Kier alpha value is -1.39. The van der Waals surface area contributed by atoms with Crippen molar-refractivity contribution in [2.75, 3.05) is 20.2 Å². The predicted octanol–water partition coefficient (Wildman–Crippen LogP) is 2.10. The lowest BCUT2D eigenvalue weighted by Gasteiger charge is -2.34. The Morgan fingerprint density at radius 2 is 2.25 bits per heavy atom. The maximum absolute atomic E-state index is 11.5. The zero-order valence-corrected chi connectivity index (χ0v) is 12.4. The highest BCUT2D eigenvalue weighted by Crippen LogP contribution is 2.25. The Kier molecular flexibility index (Phi) is 4.78. The van der Waals surface area contributed by atoms with Crippen molar-refractivity contribution in [2.45, 2.75) is 32.9 Å². The van der Waals surface area contributed by atoms with E-state index >= 15 is 0 Å². The number of carbonyl (C=O) groups is 1. The first-order valence-corrected chi connectivity index (χ1v) is 7.09. The minimum absolute atomic E-state index is 0.0567. The van der Waals surface area contributed by atoms with Gasteiger partial charge in [-0.3, -0.25) is 9.69 Å². The molecule has 0 aliphatic carbocycles. The molecule has 1 aromatic rings. The summed E-state index contributed by atoms with van der Waals surface area (Å²) in [5, 5.41) is 9.97. The molecule has 0 bridgehead atoms. The molecule has 0 radical (unpaired) electrons. The maximum Gasteiger partial charge on any atom is 0.159 e. The first-order valence-electron chi connectivity index (χ1n) is 7.09. The second-order valence-corrected chi connectivity index (χ2v) is 5.65. The summed E-state index contributed by atoms with van der Waals surface area (Å²) < 4.78 is 5.37. The number of ketones is 1. The van der Waals surface area contributed by atoms with Crippen molar-refractivity contribution in [1.82, 2.24) is 4.90 Å². The fourth-order valence-corrected chi connectivity index (χ4v) is 2.62. The second-order valence-electron chi connectivity index (χ2n) is 5.65. The van der Waals surface area contributed by atoms with Crippen LogP contribution >= 0.6 is 0 Å². The van der Waals surface area contributed by atoms with Crippen molar-refractivity contribution in [3.05, 3.63) is 29.3 Å². The van der Waals surface area contributed by atoms with E-state index < -0.39 is 0 Å². The number of β-amino-alcohol motifs (C(OH)–C–C–N with tert-alkyl or cyclic N) is 1. The minimum Gasteiger partial charge on any atom is -0.496 e. The molecular formula is C16H23NO3. The molecule has 0 spiro atoms. The van der Waals surface area contributed by atoms with Gasteiger partial charge in [-0.05, 0) is 44.0 Å². The van der Waals surface area contributed by atoms with E-state index in [0.29, 0.717) is 24.6 Å². The first kappa shape index (κ1) is 15.0. The Balaban J connectivity index is 2.15. The molecule has 0 saturated carbocycles. The maximum atomic E-state index is 11.5. The summed E-state index contributed by atoms with van der Waals surface area (Å²) in [6.45, 7) is 5.99. The summed E-state index contributed by atoms with van der Waals surface area (Å²) in [6, 6.07) is 5.53. The highest BCUT2D eigenvalue weighted by molar-refractivity contribution is 5.94. The molecule has 1 saturated heterocycles. The van der Waals surface area contributed by atoms with Crippen LogP contribution in [-0.4, -0.2) is 42.1 Å². The highest BCUT2D eigenvalue weighted by Gasteiger charge is 2.24. The number of nitrogens with zero attached hydrogens (tertiary/aromatic N) is 1. The van der Waals surface area contributed by atoms with Gasteiger partial charge in [0, 0.05) is 24.2 Å². The van der Waals surface area contributed by atoms with Gasteiger partial charge in [-0.1, -0.05) is 6.92 Å². The zero-order valence-electron chi connectivity index (χ0n) is 12.4. The van der Waals surface area contributed by atoms with Crippen LogP contribution in [0.3, 0.4) is 0 Å². The van der Waals surface area contributed by atoms with E-state index in [0.717, 1.165) is 24.3 Å². The Bertz CT molecular complexity index is 487. The molecule has 2 rings (SSSR count). The van der Waals surface area contributed by atoms with Gasteiger partial charge >= 0.3 is 0 Å². The number of hydrogen-bond donors (Lipinski definition) is 1. The van der Waals surface area contributed by atoms with Gasteiger partial charge in [0.15, 0.2) is 5.78 Å². The third-order valence-corrected chi connectivity index (χ3v) is 4.08. The largest absolute Gasteiger partial charge is 0.496 e. The lowest BCUT2D eigenvalue weighted by molar-refractivity contribution is 0.0256. The fraction of sp³-hybridized carbons (Fsp3) is 0.562. The SMILES string of the molecule is COc1ccc(C(C)=O)cc1CN1CCC(C)C(O)C1. The molecular weight excluding hydrogens is 254 g/mol. The molecule has 110 valence electrons. The Labute approximate surface area is 120 Å². The van der Waals surface area contributed by atoms with Crippen LogP contribution in [0.1, 0.15) is 36.2 Å². The van der Waals surface area contributed by atoms with Crippen LogP contribution in [0.4, 0.5) is 0 Å². The molecule has 2 unspecified atom stereocenters. The van der Waals surface area contributed by atoms with Gasteiger partial charge in [-0.2, -0.15) is 0 Å². The van der Waals surface area contributed by atoms with Gasteiger partial charge in [0.05, 0.1) is 13.2 Å². The lowest BCUT2D eigenvalue weighted by atomic mass is 9.95. The number of carbonyl (C=O) groups excluding carboxylic acids is 1. The summed E-state index contributed by atoms with van der Waals surface area (Å²) in [6.07, 6.45) is 0.723. The number of benzene rings is 1. The van der Waals surface area contributed by atoms with Gasteiger partial charge < -0.3 is 9.84 Å². The smallest absolute Gasteiger partial charge is 0.159 e. The standard InChI is InChI=1S/C16H23NO3/c1-11-6-7-17(10-15(11)19)9-14-8-13(12(2)18)4-5-16(14)20-3/h4-5,8,11,15,19H,6-7,9-10H2,1-3H3. The average Bonchev–Trinajstić information content (AvgIpc) is 2.42. The zero-order chi connectivity index (χ0) is 14.7. The number of ether oxygens (including phenoxy) is 1. The number of methoxy groups -OCH3 is 1. The van der Waals surface area contributed by atoms with E-state index in [1.807, 2.05) is 12.1 Å². The van der Waals surface area contributed by atoms with Crippen molar-refractivity contribution in [3.63, 3.8) is 0 Å². The molecule has 1 aliphatic heterocycles. The normalized spacial score (nSPS) is 23.6. The molecule has 1 aromatic carbocycles. The van der Waals surface area contributed by atoms with Gasteiger partial charge in [0.2, 0.25) is 0 Å². The molecule has 0 aromatic heterocycles. The van der Waals surface area contributed by atoms with Crippen LogP contribution in [-0.2, 0) is 6.54 Å². The molecule has 1 N–H and O–H groups in total. The number of aliphatic hydroxyl groups is 1. The average molecular weight is 277 g/mol. The number of likely N-dealkylation sites (tertiary alicyclic amines) is 1. The van der Waals surface area contributed by atoms with Gasteiger partial charge in [0.1, 0.15) is 5.75 Å². The molecule has 1 heterocycles. The van der Waals surface area contributed by atoms with Gasteiger partial charge in [-0.25, -0.2) is 0 Å². The Morgan fingerprint density at radius 1 is 1.50 bits per heavy atom. The number of aliphatic hydroxyl groups excluding tert-OH is 1. The van der Waals surface area contributed by atoms with E-state index in [2.05, 4.69) is 11.8 Å². The van der Waals surface area contributed by atoms with Crippen molar-refractivity contribution in [1.29, 1.82) is 0 Å². The monoisotopic (exact) mass is 277 g/mol. The molecule has 1 aliphatic rings. The third kappa shape index (κ3) is 3.38. The number of Topliss-reactive ketones (excluding diaryl/α,β-unsaturated/α-hetero) is 1. The van der Waals surface area contributed by atoms with E-state index in [1.54, 1.807) is 20.1 Å².